The first-order valence-corrected chi connectivity index (χ1v) is 6.95. The van der Waals surface area contributed by atoms with Gasteiger partial charge < -0.3 is 10.5 Å². The highest BCUT2D eigenvalue weighted by atomic mass is 16.5. The summed E-state index contributed by atoms with van der Waals surface area (Å²) in [5.41, 5.74) is 7.68. The molecule has 2 N–H and O–H groups in total. The molecule has 0 atom stereocenters. The Morgan fingerprint density at radius 3 is 2.71 bits per heavy atom. The van der Waals surface area contributed by atoms with Gasteiger partial charge in [-0.25, -0.2) is 5.01 Å². The van der Waals surface area contributed by atoms with E-state index in [2.05, 4.69) is 11.7 Å². The zero-order valence-electron chi connectivity index (χ0n) is 12.5. The summed E-state index contributed by atoms with van der Waals surface area (Å²) in [4.78, 5) is 0. The molecule has 1 aliphatic rings. The standard InChI is InChI=1S/C17H21N3O/c1-13(2)17(18)19-20-11-7-10-16(14(20)3)21-12-15-8-5-4-6-9-15/h4-11,13H,3,12H2,1-2H3,(H2,18,19). The predicted octanol–water partition coefficient (Wildman–Crippen LogP) is 3.36. The highest BCUT2D eigenvalue weighted by Gasteiger charge is 2.15. The van der Waals surface area contributed by atoms with Gasteiger partial charge in [0.2, 0.25) is 0 Å². The van der Waals surface area contributed by atoms with E-state index in [1.807, 2.05) is 62.5 Å². The van der Waals surface area contributed by atoms with E-state index in [-0.39, 0.29) is 5.92 Å². The van der Waals surface area contributed by atoms with Crippen LogP contribution in [0.3, 0.4) is 0 Å². The van der Waals surface area contributed by atoms with Gasteiger partial charge in [0.15, 0.2) is 0 Å². The molecule has 0 spiro atoms. The van der Waals surface area contributed by atoms with Gasteiger partial charge in [-0.15, -0.1) is 0 Å². The fraction of sp³-hybridized carbons (Fsp3) is 0.235. The topological polar surface area (TPSA) is 50.8 Å². The van der Waals surface area contributed by atoms with Gasteiger partial charge in [0.05, 0.1) is 5.70 Å². The van der Waals surface area contributed by atoms with Gasteiger partial charge >= 0.3 is 0 Å². The van der Waals surface area contributed by atoms with Gasteiger partial charge in [0, 0.05) is 12.1 Å². The molecule has 0 aromatic heterocycles. The molecule has 4 heteroatoms. The van der Waals surface area contributed by atoms with Gasteiger partial charge in [-0.1, -0.05) is 50.8 Å². The van der Waals surface area contributed by atoms with Gasteiger partial charge in [-0.3, -0.25) is 0 Å². The SMILES string of the molecule is C=C1C(OCc2ccccc2)=CC=CN1/N=C(/N)C(C)C. The van der Waals surface area contributed by atoms with Crippen LogP contribution in [0.4, 0.5) is 0 Å². The zero-order chi connectivity index (χ0) is 15.2. The molecule has 0 bridgehead atoms. The summed E-state index contributed by atoms with van der Waals surface area (Å²) in [5.74, 6) is 1.44. The van der Waals surface area contributed by atoms with Gasteiger partial charge in [-0.2, -0.15) is 5.10 Å². The number of ether oxygens (including phenoxy) is 1. The van der Waals surface area contributed by atoms with Crippen LogP contribution in [0.1, 0.15) is 19.4 Å². The lowest BCUT2D eigenvalue weighted by molar-refractivity contribution is 0.192. The van der Waals surface area contributed by atoms with E-state index in [4.69, 9.17) is 10.5 Å². The Balaban J connectivity index is 2.02. The molecule has 4 nitrogen and oxygen atoms in total. The van der Waals surface area contributed by atoms with E-state index in [1.54, 1.807) is 5.01 Å². The number of allylic oxidation sites excluding steroid dienone is 2. The zero-order valence-corrected chi connectivity index (χ0v) is 12.5. The predicted molar refractivity (Wildman–Crippen MR) is 85.9 cm³/mol. The molecule has 0 radical (unpaired) electrons. The third kappa shape index (κ3) is 3.99. The number of nitrogens with zero attached hydrogens (tertiary/aromatic N) is 2. The minimum Gasteiger partial charge on any atom is -0.487 e. The minimum atomic E-state index is 0.186. The molecule has 1 aliphatic heterocycles. The van der Waals surface area contributed by atoms with Crippen LogP contribution >= 0.6 is 0 Å². The number of nitrogens with two attached hydrogens (primary N) is 1. The minimum absolute atomic E-state index is 0.186. The molecule has 2 rings (SSSR count). The Morgan fingerprint density at radius 1 is 1.33 bits per heavy atom. The summed E-state index contributed by atoms with van der Waals surface area (Å²) in [6, 6.07) is 10.0. The van der Waals surface area contributed by atoms with Gasteiger partial charge in [-0.05, 0) is 17.7 Å². The van der Waals surface area contributed by atoms with Crippen molar-refractivity contribution in [2.75, 3.05) is 0 Å². The van der Waals surface area contributed by atoms with Crippen LogP contribution in [-0.4, -0.2) is 10.8 Å². The maximum atomic E-state index is 5.89. The second kappa shape index (κ2) is 6.79. The summed E-state index contributed by atoms with van der Waals surface area (Å²) < 4.78 is 5.81. The number of hydrogen-bond donors (Lipinski definition) is 1. The van der Waals surface area contributed by atoms with Crippen LogP contribution in [0.15, 0.2) is 71.8 Å². The maximum Gasteiger partial charge on any atom is 0.144 e. The average Bonchev–Trinajstić information content (AvgIpc) is 2.49. The third-order valence-corrected chi connectivity index (χ3v) is 3.09. The highest BCUT2D eigenvalue weighted by molar-refractivity contribution is 5.82. The summed E-state index contributed by atoms with van der Waals surface area (Å²) in [6.07, 6.45) is 5.56. The Morgan fingerprint density at radius 2 is 2.05 bits per heavy atom. The van der Waals surface area contributed by atoms with Crippen molar-refractivity contribution < 1.29 is 4.74 Å². The van der Waals surface area contributed by atoms with Crippen LogP contribution in [0.25, 0.3) is 0 Å². The Labute approximate surface area is 125 Å². The lowest BCUT2D eigenvalue weighted by Crippen LogP contribution is -2.25. The van der Waals surface area contributed by atoms with E-state index >= 15 is 0 Å². The fourth-order valence-electron chi connectivity index (χ4n) is 1.71. The van der Waals surface area contributed by atoms with Crippen molar-refractivity contribution in [2.45, 2.75) is 20.5 Å². The van der Waals surface area contributed by atoms with E-state index < -0.39 is 0 Å². The molecule has 0 saturated carbocycles. The second-order valence-electron chi connectivity index (χ2n) is 5.12. The van der Waals surface area contributed by atoms with E-state index in [1.165, 1.54) is 0 Å². The lowest BCUT2D eigenvalue weighted by Gasteiger charge is -2.23. The molecule has 0 aliphatic carbocycles. The van der Waals surface area contributed by atoms with Crippen LogP contribution < -0.4 is 5.73 Å². The first kappa shape index (κ1) is 14.9. The quantitative estimate of drug-likeness (QED) is 0.666. The summed E-state index contributed by atoms with van der Waals surface area (Å²) >= 11 is 0. The van der Waals surface area contributed by atoms with Crippen molar-refractivity contribution >= 4 is 5.84 Å². The number of hydrogen-bond acceptors (Lipinski definition) is 3. The molecule has 1 heterocycles. The normalized spacial score (nSPS) is 15.4. The highest BCUT2D eigenvalue weighted by Crippen LogP contribution is 2.22. The molecular formula is C17H21N3O. The van der Waals surface area contributed by atoms with Crippen molar-refractivity contribution in [2.24, 2.45) is 16.8 Å². The van der Waals surface area contributed by atoms with Crippen LogP contribution in [0.2, 0.25) is 0 Å². The van der Waals surface area contributed by atoms with Crippen molar-refractivity contribution in [1.82, 2.24) is 5.01 Å². The Bertz CT molecular complexity index is 585. The maximum absolute atomic E-state index is 5.89. The molecule has 1 aromatic rings. The van der Waals surface area contributed by atoms with Crippen LogP contribution in [0, 0.1) is 5.92 Å². The number of benzene rings is 1. The van der Waals surface area contributed by atoms with E-state index in [0.29, 0.717) is 23.9 Å². The van der Waals surface area contributed by atoms with E-state index in [9.17, 15) is 0 Å². The van der Waals surface area contributed by atoms with E-state index in [0.717, 1.165) is 5.56 Å². The summed E-state index contributed by atoms with van der Waals surface area (Å²) in [5, 5.41) is 5.99. The molecule has 21 heavy (non-hydrogen) atoms. The molecule has 0 fully saturated rings. The van der Waals surface area contributed by atoms with Gasteiger partial charge in [0.1, 0.15) is 18.2 Å². The first-order valence-electron chi connectivity index (χ1n) is 6.95. The monoisotopic (exact) mass is 283 g/mol. The fourth-order valence-corrected chi connectivity index (χ4v) is 1.71. The first-order chi connectivity index (χ1) is 10.1. The average molecular weight is 283 g/mol. The number of hydrazone groups is 1. The summed E-state index contributed by atoms with van der Waals surface area (Å²) in [7, 11) is 0. The molecule has 0 amide bonds. The molecule has 0 unspecified atom stereocenters. The van der Waals surface area contributed by atoms with Crippen LogP contribution in [-0.2, 0) is 11.3 Å². The van der Waals surface area contributed by atoms with Crippen molar-refractivity contribution in [3.05, 3.63) is 72.3 Å². The molecule has 1 aromatic carbocycles. The third-order valence-electron chi connectivity index (χ3n) is 3.09. The van der Waals surface area contributed by atoms with Crippen molar-refractivity contribution in [3.63, 3.8) is 0 Å². The number of rotatable bonds is 5. The molecular weight excluding hydrogens is 262 g/mol. The largest absolute Gasteiger partial charge is 0.487 e. The van der Waals surface area contributed by atoms with Crippen molar-refractivity contribution in [3.8, 4) is 0 Å². The number of amidine groups is 1. The van der Waals surface area contributed by atoms with Gasteiger partial charge in [0.25, 0.3) is 0 Å². The summed E-state index contributed by atoms with van der Waals surface area (Å²) in [6.45, 7) is 8.51. The van der Waals surface area contributed by atoms with Crippen LogP contribution in [0.5, 0.6) is 0 Å². The smallest absolute Gasteiger partial charge is 0.144 e. The lowest BCUT2D eigenvalue weighted by atomic mass is 10.2. The Hall–Kier alpha value is -2.49. The Kier molecular flexibility index (Phi) is 4.82. The van der Waals surface area contributed by atoms with Crippen molar-refractivity contribution in [1.29, 1.82) is 0 Å². The second-order valence-corrected chi connectivity index (χ2v) is 5.12. The molecule has 0 saturated heterocycles. The molecule has 110 valence electrons.